The predicted octanol–water partition coefficient (Wildman–Crippen LogP) is 10.1. The van der Waals surface area contributed by atoms with E-state index in [1.54, 1.807) is 39.4 Å². The average Bonchev–Trinajstić information content (AvgIpc) is 3.93. The molecule has 0 bridgehead atoms. The summed E-state index contributed by atoms with van der Waals surface area (Å²) in [4.78, 5) is 12.6. The van der Waals surface area contributed by atoms with Crippen LogP contribution in [0.5, 0.6) is 17.2 Å². The second kappa shape index (κ2) is 15.9. The Morgan fingerprint density at radius 2 is 0.685 bits per heavy atom. The highest BCUT2D eigenvalue weighted by molar-refractivity contribution is 6.31. The number of benzene rings is 3. The number of aromatic nitrogens is 3. The van der Waals surface area contributed by atoms with Crippen molar-refractivity contribution in [2.24, 2.45) is 0 Å². The van der Waals surface area contributed by atoms with Gasteiger partial charge in [-0.15, -0.1) is 0 Å². The molecular weight excluding hydrogens is 749 g/mol. The van der Waals surface area contributed by atoms with Crippen LogP contribution < -0.4 is 0 Å². The van der Waals surface area contributed by atoms with E-state index >= 15 is 0 Å². The molecule has 276 valence electrons. The maximum atomic E-state index is 9.96. The number of nitrogens with zero attached hydrogens (tertiary/aromatic N) is 3. The Morgan fingerprint density at radius 1 is 0.444 bits per heavy atom. The normalized spacial score (nSPS) is 17.8. The molecule has 3 unspecified atom stereocenters. The van der Waals surface area contributed by atoms with Crippen molar-refractivity contribution in [2.45, 2.75) is 58.9 Å². The van der Waals surface area contributed by atoms with Crippen LogP contribution >= 0.6 is 34.8 Å². The quantitative estimate of drug-likeness (QED) is 0.161. The van der Waals surface area contributed by atoms with Crippen molar-refractivity contribution in [1.29, 1.82) is 0 Å². The summed E-state index contributed by atoms with van der Waals surface area (Å²) in [6.45, 7) is 6.59. The number of halogens is 3. The lowest BCUT2D eigenvalue weighted by Gasteiger charge is -2.11. The zero-order chi connectivity index (χ0) is 38.1. The van der Waals surface area contributed by atoms with Gasteiger partial charge in [0.15, 0.2) is 0 Å². The van der Waals surface area contributed by atoms with Crippen molar-refractivity contribution in [3.63, 3.8) is 0 Å². The zero-order valence-corrected chi connectivity index (χ0v) is 31.8. The smallest absolute Gasteiger partial charge is 0.142 e. The predicted molar refractivity (Wildman–Crippen MR) is 206 cm³/mol. The highest BCUT2D eigenvalue weighted by Gasteiger charge is 2.30. The molecule has 0 radical (unpaired) electrons. The summed E-state index contributed by atoms with van der Waals surface area (Å²) in [5.41, 5.74) is 10.3. The van der Waals surface area contributed by atoms with Crippen molar-refractivity contribution in [1.82, 2.24) is 15.0 Å². The van der Waals surface area contributed by atoms with Crippen molar-refractivity contribution in [2.75, 3.05) is 0 Å². The first-order chi connectivity index (χ1) is 26.0. The fourth-order valence-corrected chi connectivity index (χ4v) is 7.00. The molecule has 0 saturated heterocycles. The summed E-state index contributed by atoms with van der Waals surface area (Å²) in [6, 6.07) is 22.6. The molecule has 9 nitrogen and oxygen atoms in total. The van der Waals surface area contributed by atoms with Crippen LogP contribution in [0.4, 0.5) is 0 Å². The lowest BCUT2D eigenvalue weighted by molar-refractivity contribution is 0.0931. The van der Waals surface area contributed by atoms with Crippen molar-refractivity contribution in [3.8, 4) is 17.2 Å². The number of pyridine rings is 3. The van der Waals surface area contributed by atoms with Gasteiger partial charge in [0, 0.05) is 67.0 Å². The summed E-state index contributed by atoms with van der Waals surface area (Å²) < 4.78 is 17.2. The highest BCUT2D eigenvalue weighted by atomic mass is 35.5. The molecule has 0 spiro atoms. The first-order valence-electron chi connectivity index (χ1n) is 17.1. The van der Waals surface area contributed by atoms with E-state index in [9.17, 15) is 15.3 Å². The third kappa shape index (κ3) is 7.61. The first kappa shape index (κ1) is 37.6. The Balaban J connectivity index is 0.000000125. The van der Waals surface area contributed by atoms with Crippen LogP contribution in [0.1, 0.15) is 85.5 Å². The summed E-state index contributed by atoms with van der Waals surface area (Å²) in [7, 11) is 0. The molecule has 3 aromatic heterocycles. The van der Waals surface area contributed by atoms with E-state index in [2.05, 4.69) is 15.0 Å². The van der Waals surface area contributed by atoms with Gasteiger partial charge < -0.3 is 29.5 Å². The summed E-state index contributed by atoms with van der Waals surface area (Å²) in [6.07, 6.45) is 4.81. The van der Waals surface area contributed by atoms with E-state index in [0.29, 0.717) is 52.0 Å². The molecule has 54 heavy (non-hydrogen) atoms. The molecule has 0 saturated carbocycles. The molecule has 6 aromatic rings. The standard InChI is InChI=1S/3C14H12ClNO2/c3*1-8-13(17)12-7-18-14(11(12)6-16-8)9-2-4-10(15)5-3-9/h3*2-6,14,17H,7H2,1H3. The second-order valence-corrected chi connectivity index (χ2v) is 14.4. The van der Waals surface area contributed by atoms with Gasteiger partial charge in [-0.2, -0.15) is 0 Å². The van der Waals surface area contributed by atoms with E-state index in [-0.39, 0.29) is 35.6 Å². The fraction of sp³-hybridized carbons (Fsp3) is 0.214. The van der Waals surface area contributed by atoms with Crippen LogP contribution in [0.2, 0.25) is 15.1 Å². The molecule has 3 N–H and O–H groups in total. The topological polar surface area (TPSA) is 127 Å². The van der Waals surface area contributed by atoms with Gasteiger partial charge >= 0.3 is 0 Å². The Bertz CT molecular complexity index is 2050. The van der Waals surface area contributed by atoms with Gasteiger partial charge in [0.25, 0.3) is 0 Å². The summed E-state index contributed by atoms with van der Waals surface area (Å²) in [5, 5.41) is 32.0. The molecule has 12 heteroatoms. The number of rotatable bonds is 3. The Morgan fingerprint density at radius 3 is 0.926 bits per heavy atom. The largest absolute Gasteiger partial charge is 0.506 e. The van der Waals surface area contributed by atoms with Crippen molar-refractivity contribution < 1.29 is 29.5 Å². The number of aryl methyl sites for hydroxylation is 3. The first-order valence-corrected chi connectivity index (χ1v) is 18.3. The number of hydrogen-bond donors (Lipinski definition) is 3. The number of ether oxygens (including phenoxy) is 3. The monoisotopic (exact) mass is 783 g/mol. The minimum atomic E-state index is -0.170. The van der Waals surface area contributed by atoms with Gasteiger partial charge in [0.1, 0.15) is 35.6 Å². The maximum Gasteiger partial charge on any atom is 0.142 e. The molecule has 3 aliphatic rings. The SMILES string of the molecule is Cc1ncc2c(c1O)COC2c1ccc(Cl)cc1.Cc1ncc2c(c1O)COC2c1ccc(Cl)cc1.Cc1ncc2c(c1O)COC2c1ccc(Cl)cc1. The second-order valence-electron chi connectivity index (χ2n) is 13.1. The van der Waals surface area contributed by atoms with Gasteiger partial charge in [-0.1, -0.05) is 71.2 Å². The minimum Gasteiger partial charge on any atom is -0.506 e. The summed E-state index contributed by atoms with van der Waals surface area (Å²) >= 11 is 17.6. The van der Waals surface area contributed by atoms with Crippen LogP contribution in [-0.2, 0) is 34.0 Å². The molecule has 3 aliphatic heterocycles. The third-order valence-electron chi connectivity index (χ3n) is 9.67. The molecule has 6 heterocycles. The van der Waals surface area contributed by atoms with Crippen LogP contribution in [-0.4, -0.2) is 30.3 Å². The molecule has 9 rings (SSSR count). The van der Waals surface area contributed by atoms with Crippen molar-refractivity contribution >= 4 is 34.8 Å². The third-order valence-corrected chi connectivity index (χ3v) is 10.4. The minimum absolute atomic E-state index is 0.170. The van der Waals surface area contributed by atoms with Gasteiger partial charge in [-0.3, -0.25) is 15.0 Å². The van der Waals surface area contributed by atoms with E-state index in [4.69, 9.17) is 49.0 Å². The van der Waals surface area contributed by atoms with Gasteiger partial charge in [0.05, 0.1) is 36.9 Å². The van der Waals surface area contributed by atoms with Crippen LogP contribution in [0.3, 0.4) is 0 Å². The van der Waals surface area contributed by atoms with Crippen LogP contribution in [0, 0.1) is 20.8 Å². The molecule has 0 aliphatic carbocycles. The van der Waals surface area contributed by atoms with Crippen molar-refractivity contribution in [3.05, 3.63) is 174 Å². The maximum absolute atomic E-state index is 9.96. The van der Waals surface area contributed by atoms with Crippen LogP contribution in [0.25, 0.3) is 0 Å². The van der Waals surface area contributed by atoms with Crippen LogP contribution in [0.15, 0.2) is 91.4 Å². The highest BCUT2D eigenvalue weighted by Crippen LogP contribution is 2.42. The van der Waals surface area contributed by atoms with E-state index in [1.165, 1.54) is 0 Å². The van der Waals surface area contributed by atoms with Gasteiger partial charge in [0.2, 0.25) is 0 Å². The Hall–Kier alpha value is -4.74. The Kier molecular flexibility index (Phi) is 11.1. The number of fused-ring (bicyclic) bond motifs is 3. The number of aromatic hydroxyl groups is 3. The van der Waals surface area contributed by atoms with E-state index < -0.39 is 0 Å². The van der Waals surface area contributed by atoms with Gasteiger partial charge in [-0.05, 0) is 73.9 Å². The zero-order valence-electron chi connectivity index (χ0n) is 29.6. The fourth-order valence-electron chi connectivity index (χ4n) is 6.62. The molecule has 3 atom stereocenters. The Labute approximate surface area is 327 Å². The number of hydrogen-bond acceptors (Lipinski definition) is 9. The molecule has 0 fully saturated rings. The lowest BCUT2D eigenvalue weighted by Crippen LogP contribution is -1.99. The molecular formula is C42H36Cl3N3O6. The molecule has 3 aromatic carbocycles. The van der Waals surface area contributed by atoms with E-state index in [1.807, 2.05) is 72.8 Å². The average molecular weight is 785 g/mol. The van der Waals surface area contributed by atoms with Gasteiger partial charge in [-0.25, -0.2) is 0 Å². The van der Waals surface area contributed by atoms with E-state index in [0.717, 1.165) is 50.1 Å². The summed E-state index contributed by atoms with van der Waals surface area (Å²) in [5.74, 6) is 0.719. The molecule has 0 amide bonds. The lowest BCUT2D eigenvalue weighted by atomic mass is 10.0.